The van der Waals surface area contributed by atoms with E-state index in [0.29, 0.717) is 21.7 Å². The van der Waals surface area contributed by atoms with Gasteiger partial charge >= 0.3 is 6.09 Å². The number of benzene rings is 2. The Morgan fingerprint density at radius 3 is 2.44 bits per heavy atom. The fourth-order valence-electron chi connectivity index (χ4n) is 3.28. The number of halogens is 1. The van der Waals surface area contributed by atoms with Crippen LogP contribution in [0.5, 0.6) is 0 Å². The Hall–Kier alpha value is -3.58. The Labute approximate surface area is 203 Å². The fraction of sp³-hybridized carbons (Fsp3) is 0.269. The molecule has 34 heavy (non-hydrogen) atoms. The molecule has 1 aromatic heterocycles. The van der Waals surface area contributed by atoms with Crippen LogP contribution < -0.4 is 5.43 Å². The molecule has 3 rings (SSSR count). The van der Waals surface area contributed by atoms with Crippen molar-refractivity contribution in [2.75, 3.05) is 0 Å². The summed E-state index contributed by atoms with van der Waals surface area (Å²) in [6.45, 7) is 8.98. The second kappa shape index (κ2) is 10.1. The van der Waals surface area contributed by atoms with Gasteiger partial charge in [0.05, 0.1) is 5.52 Å². The smallest absolute Gasteiger partial charge is 0.419 e. The molecule has 178 valence electrons. The van der Waals surface area contributed by atoms with E-state index in [1.807, 2.05) is 24.3 Å². The summed E-state index contributed by atoms with van der Waals surface area (Å²) in [4.78, 5) is 38.3. The molecule has 1 heterocycles. The highest BCUT2D eigenvalue weighted by molar-refractivity contribution is 6.31. The molecule has 0 bridgehead atoms. The van der Waals surface area contributed by atoms with Crippen molar-refractivity contribution in [3.8, 4) is 0 Å². The summed E-state index contributed by atoms with van der Waals surface area (Å²) in [5.41, 5.74) is 3.67. The number of hydrazine groups is 1. The van der Waals surface area contributed by atoms with Gasteiger partial charge in [0, 0.05) is 39.9 Å². The Morgan fingerprint density at radius 1 is 1.09 bits per heavy atom. The zero-order chi connectivity index (χ0) is 25.0. The molecule has 3 aromatic rings. The number of ether oxygens (including phenoxy) is 1. The molecule has 0 aliphatic carbocycles. The van der Waals surface area contributed by atoms with Gasteiger partial charge in [-0.25, -0.2) is 9.80 Å². The third-order valence-corrected chi connectivity index (χ3v) is 5.04. The van der Waals surface area contributed by atoms with Crippen LogP contribution in [0.2, 0.25) is 5.02 Å². The van der Waals surface area contributed by atoms with Gasteiger partial charge in [0.25, 0.3) is 11.8 Å². The first-order chi connectivity index (χ1) is 16.0. The fourth-order valence-corrected chi connectivity index (χ4v) is 3.47. The second-order valence-corrected chi connectivity index (χ2v) is 9.47. The molecule has 0 aliphatic heterocycles. The van der Waals surface area contributed by atoms with E-state index in [2.05, 4.69) is 5.43 Å². The van der Waals surface area contributed by atoms with E-state index in [4.69, 9.17) is 16.3 Å². The molecule has 2 aromatic carbocycles. The minimum Gasteiger partial charge on any atom is -0.443 e. The predicted molar refractivity (Wildman–Crippen MR) is 134 cm³/mol. The first-order valence-electron chi connectivity index (χ1n) is 10.9. The van der Waals surface area contributed by atoms with Gasteiger partial charge < -0.3 is 4.74 Å². The van der Waals surface area contributed by atoms with Crippen LogP contribution >= 0.6 is 11.6 Å². The van der Waals surface area contributed by atoms with Crippen LogP contribution in [0.25, 0.3) is 17.0 Å². The van der Waals surface area contributed by atoms with E-state index in [0.717, 1.165) is 5.39 Å². The normalized spacial score (nSPS) is 11.7. The maximum Gasteiger partial charge on any atom is 0.419 e. The first-order valence-corrected chi connectivity index (χ1v) is 11.3. The number of fused-ring (bicyclic) bond motifs is 1. The van der Waals surface area contributed by atoms with Crippen LogP contribution in [-0.2, 0) is 9.53 Å². The molecule has 2 amide bonds. The highest BCUT2D eigenvalue weighted by atomic mass is 35.5. The van der Waals surface area contributed by atoms with Gasteiger partial charge in [-0.15, -0.1) is 0 Å². The van der Waals surface area contributed by atoms with Crippen molar-refractivity contribution in [1.29, 1.82) is 0 Å². The zero-order valence-corrected chi connectivity index (χ0v) is 20.6. The minimum atomic E-state index is -0.645. The van der Waals surface area contributed by atoms with Gasteiger partial charge in [0.1, 0.15) is 5.60 Å². The molecule has 0 aliphatic rings. The highest BCUT2D eigenvalue weighted by Gasteiger charge is 2.21. The lowest BCUT2D eigenvalue weighted by Gasteiger charge is -2.26. The molecule has 0 atom stereocenters. The number of nitrogens with zero attached hydrogens (tertiary/aromatic N) is 2. The van der Waals surface area contributed by atoms with Crippen LogP contribution in [0.1, 0.15) is 50.5 Å². The van der Waals surface area contributed by atoms with Crippen molar-refractivity contribution in [1.82, 2.24) is 15.0 Å². The third-order valence-electron chi connectivity index (χ3n) is 4.80. The number of aromatic nitrogens is 1. The molecule has 8 heteroatoms. The highest BCUT2D eigenvalue weighted by Crippen LogP contribution is 2.24. The first kappa shape index (κ1) is 25.1. The lowest BCUT2D eigenvalue weighted by atomic mass is 10.1. The van der Waals surface area contributed by atoms with Gasteiger partial charge in [0.2, 0.25) is 0 Å². The van der Waals surface area contributed by atoms with Crippen LogP contribution in [0.15, 0.2) is 60.8 Å². The number of carbonyl (C=O) groups excluding carboxylic acids is 3. The van der Waals surface area contributed by atoms with Crippen molar-refractivity contribution < 1.29 is 19.1 Å². The average Bonchev–Trinajstić information content (AvgIpc) is 3.13. The second-order valence-electron chi connectivity index (χ2n) is 9.04. The lowest BCUT2D eigenvalue weighted by Crippen LogP contribution is -2.49. The molecule has 0 spiro atoms. The molecule has 0 fully saturated rings. The molecule has 0 saturated heterocycles. The van der Waals surface area contributed by atoms with Crippen LogP contribution in [0.4, 0.5) is 4.79 Å². The van der Waals surface area contributed by atoms with E-state index >= 15 is 0 Å². The molecule has 1 N–H and O–H groups in total. The van der Waals surface area contributed by atoms with Gasteiger partial charge in [-0.2, -0.15) is 0 Å². The van der Waals surface area contributed by atoms with Gasteiger partial charge in [0.15, 0.2) is 0 Å². The predicted octanol–water partition coefficient (Wildman–Crippen LogP) is 5.67. The van der Waals surface area contributed by atoms with E-state index < -0.39 is 23.5 Å². The summed E-state index contributed by atoms with van der Waals surface area (Å²) in [6, 6.07) is 13.5. The molecule has 0 saturated carbocycles. The summed E-state index contributed by atoms with van der Waals surface area (Å²) in [5.74, 6) is -0.862. The monoisotopic (exact) mass is 481 g/mol. The Bertz CT molecular complexity index is 1250. The number of nitrogens with one attached hydrogen (secondary N) is 1. The van der Waals surface area contributed by atoms with E-state index in [1.54, 1.807) is 65.1 Å². The van der Waals surface area contributed by atoms with Crippen molar-refractivity contribution in [2.24, 2.45) is 0 Å². The average molecular weight is 482 g/mol. The SMILES string of the molecule is CC(C)N(NC(=O)c1cccc(Cl)c1)C(=O)C=Cc1cn(C(=O)OC(C)(C)C)c2ccccc12. The van der Waals surface area contributed by atoms with Gasteiger partial charge in [-0.05, 0) is 65.0 Å². The summed E-state index contributed by atoms with van der Waals surface area (Å²) in [5, 5.41) is 2.46. The quantitative estimate of drug-likeness (QED) is 0.384. The number of hydrogen-bond donors (Lipinski definition) is 1. The van der Waals surface area contributed by atoms with Gasteiger partial charge in [-0.1, -0.05) is 35.9 Å². The number of para-hydroxylation sites is 1. The maximum absolute atomic E-state index is 13.0. The largest absolute Gasteiger partial charge is 0.443 e. The Balaban J connectivity index is 1.85. The molecule has 0 radical (unpaired) electrons. The number of hydrogen-bond acceptors (Lipinski definition) is 4. The number of carbonyl (C=O) groups is 3. The van der Waals surface area contributed by atoms with Crippen LogP contribution in [-0.4, -0.2) is 39.1 Å². The summed E-state index contributed by atoms with van der Waals surface area (Å²) in [7, 11) is 0. The maximum atomic E-state index is 13.0. The molecular formula is C26H28ClN3O4. The Kier molecular flexibility index (Phi) is 7.47. The summed E-state index contributed by atoms with van der Waals surface area (Å²) in [6.07, 6.45) is 4.10. The molecular weight excluding hydrogens is 454 g/mol. The Morgan fingerprint density at radius 2 is 1.79 bits per heavy atom. The number of amides is 2. The molecule has 0 unspecified atom stereocenters. The van der Waals surface area contributed by atoms with E-state index in [1.165, 1.54) is 21.7 Å². The third kappa shape index (κ3) is 6.05. The van der Waals surface area contributed by atoms with Gasteiger partial charge in [-0.3, -0.25) is 19.6 Å². The van der Waals surface area contributed by atoms with E-state index in [9.17, 15) is 14.4 Å². The summed E-state index contributed by atoms with van der Waals surface area (Å²) >= 11 is 5.97. The minimum absolute atomic E-state index is 0.302. The lowest BCUT2D eigenvalue weighted by molar-refractivity contribution is -0.130. The van der Waals surface area contributed by atoms with Crippen molar-refractivity contribution >= 4 is 46.5 Å². The van der Waals surface area contributed by atoms with Crippen molar-refractivity contribution in [3.63, 3.8) is 0 Å². The molecule has 7 nitrogen and oxygen atoms in total. The zero-order valence-electron chi connectivity index (χ0n) is 19.8. The van der Waals surface area contributed by atoms with Crippen molar-refractivity contribution in [2.45, 2.75) is 46.3 Å². The standard InChI is InChI=1S/C26H28ClN3O4/c1-17(2)30(28-24(32)18-9-8-10-20(27)15-18)23(31)14-13-19-16-29(25(33)34-26(3,4)5)22-12-7-6-11-21(19)22/h6-17H,1-5H3,(H,28,32). The van der Waals surface area contributed by atoms with Crippen LogP contribution in [0, 0.1) is 0 Å². The summed E-state index contributed by atoms with van der Waals surface area (Å²) < 4.78 is 6.93. The number of rotatable bonds is 4. The van der Waals surface area contributed by atoms with Crippen LogP contribution in [0.3, 0.4) is 0 Å². The topological polar surface area (TPSA) is 80.6 Å². The van der Waals surface area contributed by atoms with Crippen molar-refractivity contribution in [3.05, 3.63) is 77.0 Å². The van der Waals surface area contributed by atoms with E-state index in [-0.39, 0.29) is 6.04 Å².